The fourth-order valence-electron chi connectivity index (χ4n) is 2.13. The highest BCUT2D eigenvalue weighted by Gasteiger charge is 2.27. The zero-order valence-corrected chi connectivity index (χ0v) is 11.0. The van der Waals surface area contributed by atoms with Crippen LogP contribution in [0.2, 0.25) is 0 Å². The van der Waals surface area contributed by atoms with Crippen molar-refractivity contribution in [1.29, 1.82) is 0 Å². The molecule has 0 fully saturated rings. The van der Waals surface area contributed by atoms with Crippen molar-refractivity contribution in [3.63, 3.8) is 0 Å². The van der Waals surface area contributed by atoms with Gasteiger partial charge in [-0.2, -0.15) is 0 Å². The van der Waals surface area contributed by atoms with Gasteiger partial charge in [-0.1, -0.05) is 13.8 Å². The number of nitrogens with zero attached hydrogens (tertiary/aromatic N) is 2. The van der Waals surface area contributed by atoms with E-state index in [1.807, 2.05) is 6.92 Å². The van der Waals surface area contributed by atoms with Crippen molar-refractivity contribution in [3.8, 4) is 0 Å². The number of hydrogen-bond acceptors (Lipinski definition) is 3. The second-order valence-corrected chi connectivity index (χ2v) is 4.40. The summed E-state index contributed by atoms with van der Waals surface area (Å²) in [5.41, 5.74) is 0. The highest BCUT2D eigenvalue weighted by molar-refractivity contribution is 6.13. The summed E-state index contributed by atoms with van der Waals surface area (Å²) in [7, 11) is 0. The fourth-order valence-corrected chi connectivity index (χ4v) is 2.13. The Morgan fingerprint density at radius 1 is 1.18 bits per heavy atom. The summed E-state index contributed by atoms with van der Waals surface area (Å²) in [6, 6.07) is 0.000521. The molecule has 1 rings (SSSR count). The van der Waals surface area contributed by atoms with Gasteiger partial charge in [-0.05, 0) is 39.4 Å². The summed E-state index contributed by atoms with van der Waals surface area (Å²) in [4.78, 5) is 26.6. The van der Waals surface area contributed by atoms with Crippen LogP contribution in [0.15, 0.2) is 12.2 Å². The van der Waals surface area contributed by atoms with E-state index in [1.165, 1.54) is 17.1 Å². The fraction of sp³-hybridized carbons (Fsp3) is 0.692. The quantitative estimate of drug-likeness (QED) is 0.630. The molecule has 0 aromatic carbocycles. The van der Waals surface area contributed by atoms with Gasteiger partial charge in [0.2, 0.25) is 0 Å². The Labute approximate surface area is 103 Å². The standard InChI is InChI=1S/C13H22N2O2/c1-4-14(5-2)10-6-7-11(3)15-12(16)8-9-13(15)17/h8-9,11H,4-7,10H2,1-3H3. The Kier molecular flexibility index (Phi) is 5.35. The Hall–Kier alpha value is -1.16. The van der Waals surface area contributed by atoms with Crippen LogP contribution in [0.5, 0.6) is 0 Å². The summed E-state index contributed by atoms with van der Waals surface area (Å²) in [5, 5.41) is 0. The number of rotatable bonds is 7. The maximum atomic E-state index is 11.4. The maximum absolute atomic E-state index is 11.4. The van der Waals surface area contributed by atoms with Crippen molar-refractivity contribution in [2.75, 3.05) is 19.6 Å². The van der Waals surface area contributed by atoms with Gasteiger partial charge >= 0.3 is 0 Å². The van der Waals surface area contributed by atoms with Gasteiger partial charge in [0, 0.05) is 18.2 Å². The molecule has 4 heteroatoms. The third-order valence-electron chi connectivity index (χ3n) is 3.27. The number of carbonyl (C=O) groups is 2. The predicted molar refractivity (Wildman–Crippen MR) is 67.5 cm³/mol. The summed E-state index contributed by atoms with van der Waals surface area (Å²) in [6.07, 6.45) is 4.59. The smallest absolute Gasteiger partial charge is 0.253 e. The molecule has 1 unspecified atom stereocenters. The molecule has 0 radical (unpaired) electrons. The SMILES string of the molecule is CCN(CC)CCCC(C)N1C(=O)C=CC1=O. The topological polar surface area (TPSA) is 40.6 Å². The number of amides is 2. The van der Waals surface area contributed by atoms with E-state index < -0.39 is 0 Å². The molecule has 1 heterocycles. The minimum absolute atomic E-state index is 0.000521. The average Bonchev–Trinajstić information content (AvgIpc) is 2.64. The van der Waals surface area contributed by atoms with E-state index in [-0.39, 0.29) is 17.9 Å². The average molecular weight is 238 g/mol. The van der Waals surface area contributed by atoms with Gasteiger partial charge in [0.25, 0.3) is 11.8 Å². The molecule has 0 aliphatic carbocycles. The molecular formula is C13H22N2O2. The van der Waals surface area contributed by atoms with Gasteiger partial charge in [-0.15, -0.1) is 0 Å². The summed E-state index contributed by atoms with van der Waals surface area (Å²) in [5.74, 6) is -0.351. The van der Waals surface area contributed by atoms with Crippen LogP contribution < -0.4 is 0 Å². The minimum Gasteiger partial charge on any atom is -0.304 e. The first-order valence-corrected chi connectivity index (χ1v) is 6.37. The third kappa shape index (κ3) is 3.66. The Morgan fingerprint density at radius 3 is 2.18 bits per heavy atom. The van der Waals surface area contributed by atoms with E-state index in [0.717, 1.165) is 32.5 Å². The van der Waals surface area contributed by atoms with Crippen molar-refractivity contribution >= 4 is 11.8 Å². The van der Waals surface area contributed by atoms with Gasteiger partial charge in [-0.25, -0.2) is 0 Å². The lowest BCUT2D eigenvalue weighted by molar-refractivity contribution is -0.139. The van der Waals surface area contributed by atoms with Crippen LogP contribution in [0.1, 0.15) is 33.6 Å². The van der Waals surface area contributed by atoms with Gasteiger partial charge in [0.05, 0.1) is 0 Å². The Balaban J connectivity index is 2.32. The van der Waals surface area contributed by atoms with Crippen molar-refractivity contribution in [1.82, 2.24) is 9.80 Å². The van der Waals surface area contributed by atoms with Crippen molar-refractivity contribution in [2.45, 2.75) is 39.7 Å². The minimum atomic E-state index is -0.176. The van der Waals surface area contributed by atoms with E-state index >= 15 is 0 Å². The van der Waals surface area contributed by atoms with Crippen molar-refractivity contribution < 1.29 is 9.59 Å². The first-order valence-electron chi connectivity index (χ1n) is 6.37. The maximum Gasteiger partial charge on any atom is 0.253 e. The van der Waals surface area contributed by atoms with Crippen LogP contribution >= 0.6 is 0 Å². The lowest BCUT2D eigenvalue weighted by atomic mass is 10.1. The van der Waals surface area contributed by atoms with E-state index in [4.69, 9.17) is 0 Å². The first kappa shape index (κ1) is 13.9. The third-order valence-corrected chi connectivity index (χ3v) is 3.27. The number of hydrogen-bond donors (Lipinski definition) is 0. The molecule has 1 atom stereocenters. The molecule has 0 aromatic heterocycles. The first-order chi connectivity index (χ1) is 8.10. The molecule has 1 aliphatic rings. The molecule has 1 aliphatic heterocycles. The zero-order valence-electron chi connectivity index (χ0n) is 11.0. The summed E-state index contributed by atoms with van der Waals surface area (Å²) >= 11 is 0. The summed E-state index contributed by atoms with van der Waals surface area (Å²) in [6.45, 7) is 9.35. The Bertz CT molecular complexity index is 291. The van der Waals surface area contributed by atoms with Crippen LogP contribution in [-0.2, 0) is 9.59 Å². The lowest BCUT2D eigenvalue weighted by Crippen LogP contribution is -2.38. The van der Waals surface area contributed by atoms with E-state index in [0.29, 0.717) is 0 Å². The van der Waals surface area contributed by atoms with E-state index in [1.54, 1.807) is 0 Å². The molecule has 0 spiro atoms. The molecule has 2 amide bonds. The van der Waals surface area contributed by atoms with Crippen LogP contribution in [0.3, 0.4) is 0 Å². The largest absolute Gasteiger partial charge is 0.304 e. The predicted octanol–water partition coefficient (Wildman–Crippen LogP) is 1.42. The van der Waals surface area contributed by atoms with Crippen LogP contribution in [0.25, 0.3) is 0 Å². The van der Waals surface area contributed by atoms with Crippen LogP contribution in [-0.4, -0.2) is 47.3 Å². The van der Waals surface area contributed by atoms with E-state index in [9.17, 15) is 9.59 Å². The van der Waals surface area contributed by atoms with E-state index in [2.05, 4.69) is 18.7 Å². The Morgan fingerprint density at radius 2 is 1.71 bits per heavy atom. The highest BCUT2D eigenvalue weighted by atomic mass is 16.2. The van der Waals surface area contributed by atoms with Crippen LogP contribution in [0.4, 0.5) is 0 Å². The second kappa shape index (κ2) is 6.55. The van der Waals surface area contributed by atoms with Crippen molar-refractivity contribution in [3.05, 3.63) is 12.2 Å². The molecule has 0 N–H and O–H groups in total. The molecule has 4 nitrogen and oxygen atoms in total. The molecule has 0 saturated carbocycles. The normalized spacial score (nSPS) is 17.3. The second-order valence-electron chi connectivity index (χ2n) is 4.40. The highest BCUT2D eigenvalue weighted by Crippen LogP contribution is 2.13. The van der Waals surface area contributed by atoms with Gasteiger partial charge in [-0.3, -0.25) is 14.5 Å². The van der Waals surface area contributed by atoms with Crippen LogP contribution in [0, 0.1) is 0 Å². The molecule has 0 saturated heterocycles. The molecular weight excluding hydrogens is 216 g/mol. The lowest BCUT2D eigenvalue weighted by Gasteiger charge is -2.24. The molecule has 96 valence electrons. The van der Waals surface area contributed by atoms with Gasteiger partial charge in [0.1, 0.15) is 0 Å². The van der Waals surface area contributed by atoms with Gasteiger partial charge in [0.15, 0.2) is 0 Å². The molecule has 17 heavy (non-hydrogen) atoms. The monoisotopic (exact) mass is 238 g/mol. The summed E-state index contributed by atoms with van der Waals surface area (Å²) < 4.78 is 0. The zero-order chi connectivity index (χ0) is 12.8. The number of imide groups is 1. The number of carbonyl (C=O) groups excluding carboxylic acids is 2. The molecule has 0 bridgehead atoms. The van der Waals surface area contributed by atoms with Gasteiger partial charge < -0.3 is 4.90 Å². The van der Waals surface area contributed by atoms with Crippen molar-refractivity contribution in [2.24, 2.45) is 0 Å². The molecule has 0 aromatic rings.